The van der Waals surface area contributed by atoms with Gasteiger partial charge >= 0.3 is 0 Å². The minimum absolute atomic E-state index is 0.00269. The summed E-state index contributed by atoms with van der Waals surface area (Å²) in [5, 5.41) is 0. The molecule has 0 aromatic heterocycles. The number of benzene rings is 1. The van der Waals surface area contributed by atoms with Gasteiger partial charge in [0.2, 0.25) is 0 Å². The van der Waals surface area contributed by atoms with Crippen molar-refractivity contribution in [2.75, 3.05) is 0 Å². The van der Waals surface area contributed by atoms with Crippen molar-refractivity contribution in [3.8, 4) is 0 Å². The van der Waals surface area contributed by atoms with Gasteiger partial charge in [0.1, 0.15) is 5.78 Å². The van der Waals surface area contributed by atoms with E-state index in [2.05, 4.69) is 6.58 Å². The Balaban J connectivity index is 2.58. The maximum absolute atomic E-state index is 11.7. The summed E-state index contributed by atoms with van der Waals surface area (Å²) in [5.41, 5.74) is 1.65. The molecule has 0 spiro atoms. The zero-order valence-electron chi connectivity index (χ0n) is 9.53. The Hall–Kier alpha value is -1.70. The zero-order valence-corrected chi connectivity index (χ0v) is 9.53. The quantitative estimate of drug-likeness (QED) is 0.416. The zero-order chi connectivity index (χ0) is 12.0. The van der Waals surface area contributed by atoms with Gasteiger partial charge in [0.05, 0.1) is 6.42 Å². The molecule has 0 radical (unpaired) electrons. The van der Waals surface area contributed by atoms with Crippen molar-refractivity contribution in [3.63, 3.8) is 0 Å². The molecule has 0 fully saturated rings. The number of allylic oxidation sites excluding steroid dienone is 1. The molecule has 0 N–H and O–H groups in total. The second-order valence-corrected chi connectivity index (χ2v) is 3.84. The Bertz CT molecular complexity index is 405. The van der Waals surface area contributed by atoms with Crippen LogP contribution in [-0.2, 0) is 4.79 Å². The highest BCUT2D eigenvalue weighted by molar-refractivity contribution is 6.08. The fraction of sp³-hybridized carbons (Fsp3) is 0.286. The van der Waals surface area contributed by atoms with Crippen molar-refractivity contribution < 1.29 is 9.59 Å². The molecule has 0 aliphatic rings. The van der Waals surface area contributed by atoms with Crippen LogP contribution >= 0.6 is 0 Å². The number of carbonyl (C=O) groups excluding carboxylic acids is 2. The number of hydrogen-bond acceptors (Lipinski definition) is 2. The molecule has 0 amide bonds. The van der Waals surface area contributed by atoms with Crippen molar-refractivity contribution >= 4 is 11.6 Å². The minimum atomic E-state index is -0.0993. The van der Waals surface area contributed by atoms with Crippen LogP contribution in [0.2, 0.25) is 0 Å². The van der Waals surface area contributed by atoms with E-state index in [1.165, 1.54) is 0 Å². The van der Waals surface area contributed by atoms with Crippen LogP contribution in [-0.4, -0.2) is 11.6 Å². The molecule has 84 valence electrons. The molecule has 0 bridgehead atoms. The molecule has 1 aromatic rings. The Kier molecular flexibility index (Phi) is 4.65. The minimum Gasteiger partial charge on any atom is -0.299 e. The first-order valence-corrected chi connectivity index (χ1v) is 5.36. The molecule has 1 rings (SSSR count). The van der Waals surface area contributed by atoms with Gasteiger partial charge in [0.25, 0.3) is 0 Å². The Labute approximate surface area is 96.0 Å². The largest absolute Gasteiger partial charge is 0.299 e. The second kappa shape index (κ2) is 6.01. The molecule has 16 heavy (non-hydrogen) atoms. The van der Waals surface area contributed by atoms with Gasteiger partial charge in [0.15, 0.2) is 5.78 Å². The molecule has 0 heterocycles. The predicted molar refractivity (Wildman–Crippen MR) is 64.6 cm³/mol. The molecule has 2 nitrogen and oxygen atoms in total. The van der Waals surface area contributed by atoms with E-state index < -0.39 is 0 Å². The van der Waals surface area contributed by atoms with Gasteiger partial charge in [-0.2, -0.15) is 0 Å². The molecule has 0 saturated heterocycles. The molecule has 0 saturated carbocycles. The lowest BCUT2D eigenvalue weighted by atomic mass is 10.0. The number of ketones is 2. The smallest absolute Gasteiger partial charge is 0.170 e. The summed E-state index contributed by atoms with van der Waals surface area (Å²) in [5.74, 6) is -0.121. The molecule has 0 atom stereocenters. The highest BCUT2D eigenvalue weighted by atomic mass is 16.1. The van der Waals surface area contributed by atoms with Gasteiger partial charge in [-0.1, -0.05) is 29.8 Å². The van der Waals surface area contributed by atoms with Gasteiger partial charge in [0, 0.05) is 12.0 Å². The van der Waals surface area contributed by atoms with Crippen LogP contribution in [0.15, 0.2) is 36.9 Å². The van der Waals surface area contributed by atoms with Crippen LogP contribution in [0.25, 0.3) is 0 Å². The van der Waals surface area contributed by atoms with Crippen LogP contribution in [0.1, 0.15) is 35.2 Å². The molecule has 1 aromatic carbocycles. The van der Waals surface area contributed by atoms with E-state index in [4.69, 9.17) is 0 Å². The van der Waals surface area contributed by atoms with E-state index in [0.29, 0.717) is 18.4 Å². The van der Waals surface area contributed by atoms with E-state index in [1.54, 1.807) is 12.1 Å². The van der Waals surface area contributed by atoms with E-state index in [0.717, 1.165) is 5.56 Å². The van der Waals surface area contributed by atoms with E-state index in [-0.39, 0.29) is 18.0 Å². The van der Waals surface area contributed by atoms with Crippen molar-refractivity contribution in [3.05, 3.63) is 48.0 Å². The fourth-order valence-corrected chi connectivity index (χ4v) is 1.45. The summed E-state index contributed by atoms with van der Waals surface area (Å²) in [6, 6.07) is 7.31. The van der Waals surface area contributed by atoms with Crippen LogP contribution < -0.4 is 0 Å². The summed E-state index contributed by atoms with van der Waals surface area (Å²) >= 11 is 0. The number of hydrogen-bond donors (Lipinski definition) is 0. The van der Waals surface area contributed by atoms with Gasteiger partial charge in [-0.25, -0.2) is 0 Å². The first kappa shape index (κ1) is 12.4. The SMILES string of the molecule is C=CCCC(=O)CC(=O)c1cccc(C)c1. The monoisotopic (exact) mass is 216 g/mol. The lowest BCUT2D eigenvalue weighted by molar-refractivity contribution is -0.118. The van der Waals surface area contributed by atoms with Crippen LogP contribution in [0.3, 0.4) is 0 Å². The van der Waals surface area contributed by atoms with Crippen molar-refractivity contribution in [2.24, 2.45) is 0 Å². The maximum atomic E-state index is 11.7. The first-order valence-electron chi connectivity index (χ1n) is 5.36. The molecule has 0 aliphatic carbocycles. The number of Topliss-reactive ketones (excluding diaryl/α,β-unsaturated/α-hetero) is 2. The second-order valence-electron chi connectivity index (χ2n) is 3.84. The van der Waals surface area contributed by atoms with Crippen LogP contribution in [0.4, 0.5) is 0 Å². The van der Waals surface area contributed by atoms with Gasteiger partial charge in [-0.05, 0) is 19.4 Å². The summed E-state index contributed by atoms with van der Waals surface area (Å²) in [4.78, 5) is 23.1. The van der Waals surface area contributed by atoms with E-state index in [9.17, 15) is 9.59 Å². The third-order valence-electron chi connectivity index (χ3n) is 2.33. The standard InChI is InChI=1S/C14H16O2/c1-3-4-8-13(15)10-14(16)12-7-5-6-11(2)9-12/h3,5-7,9H,1,4,8,10H2,2H3. The summed E-state index contributed by atoms with van der Waals surface area (Å²) in [6.07, 6.45) is 2.73. The van der Waals surface area contributed by atoms with E-state index in [1.807, 2.05) is 25.1 Å². The Morgan fingerprint density at radius 2 is 2.12 bits per heavy atom. The third kappa shape index (κ3) is 3.81. The summed E-state index contributed by atoms with van der Waals surface area (Å²) in [7, 11) is 0. The number of aryl methyl sites for hydroxylation is 1. The highest BCUT2D eigenvalue weighted by Gasteiger charge is 2.10. The lowest BCUT2D eigenvalue weighted by Gasteiger charge is -2.01. The summed E-state index contributed by atoms with van der Waals surface area (Å²) < 4.78 is 0. The first-order chi connectivity index (χ1) is 7.63. The van der Waals surface area contributed by atoms with Crippen LogP contribution in [0, 0.1) is 6.92 Å². The van der Waals surface area contributed by atoms with Gasteiger partial charge in [-0.15, -0.1) is 6.58 Å². The molecular formula is C14H16O2. The normalized spacial score (nSPS) is 9.81. The Morgan fingerprint density at radius 3 is 2.75 bits per heavy atom. The topological polar surface area (TPSA) is 34.1 Å². The van der Waals surface area contributed by atoms with Gasteiger partial charge < -0.3 is 0 Å². The average Bonchev–Trinajstić information content (AvgIpc) is 2.26. The average molecular weight is 216 g/mol. The fourth-order valence-electron chi connectivity index (χ4n) is 1.45. The third-order valence-corrected chi connectivity index (χ3v) is 2.33. The number of rotatable bonds is 6. The van der Waals surface area contributed by atoms with Gasteiger partial charge in [-0.3, -0.25) is 9.59 Å². The predicted octanol–water partition coefficient (Wildman–Crippen LogP) is 3.10. The van der Waals surface area contributed by atoms with E-state index >= 15 is 0 Å². The summed E-state index contributed by atoms with van der Waals surface area (Å²) in [6.45, 7) is 5.47. The van der Waals surface area contributed by atoms with Crippen molar-refractivity contribution in [1.29, 1.82) is 0 Å². The maximum Gasteiger partial charge on any atom is 0.170 e. The lowest BCUT2D eigenvalue weighted by Crippen LogP contribution is -2.07. The molecule has 0 aliphatic heterocycles. The van der Waals surface area contributed by atoms with Crippen LogP contribution in [0.5, 0.6) is 0 Å². The molecule has 0 unspecified atom stereocenters. The number of carbonyl (C=O) groups is 2. The van der Waals surface area contributed by atoms with Crippen molar-refractivity contribution in [1.82, 2.24) is 0 Å². The Morgan fingerprint density at radius 1 is 1.38 bits per heavy atom. The highest BCUT2D eigenvalue weighted by Crippen LogP contribution is 2.08. The molecule has 2 heteroatoms. The molecular weight excluding hydrogens is 200 g/mol. The van der Waals surface area contributed by atoms with Crippen molar-refractivity contribution in [2.45, 2.75) is 26.2 Å².